The number of rotatable bonds is 9. The highest BCUT2D eigenvalue weighted by molar-refractivity contribution is 14.0. The molecule has 3 N–H and O–H groups in total. The second-order valence-corrected chi connectivity index (χ2v) is 7.29. The van der Waals surface area contributed by atoms with Crippen molar-refractivity contribution < 1.29 is 9.21 Å². The van der Waals surface area contributed by atoms with Gasteiger partial charge in [-0.1, -0.05) is 42.5 Å². The standard InChI is InChI=1S/C25H30N4O2.HI/c1-19(21-9-4-3-5-10-21)29-25(28-16-14-23-12-7-17-31-23)27-15-13-20-8-6-11-22(18-20)24(30)26-2;/h3-12,17-19H,13-16H2,1-2H3,(H,26,30)(H2,27,28,29);1H. The van der Waals surface area contributed by atoms with Gasteiger partial charge in [0, 0.05) is 32.1 Å². The van der Waals surface area contributed by atoms with E-state index in [-0.39, 0.29) is 35.9 Å². The molecule has 7 heteroatoms. The molecular formula is C25H31IN4O2. The molecule has 0 aliphatic carbocycles. The van der Waals surface area contributed by atoms with Gasteiger partial charge >= 0.3 is 0 Å². The highest BCUT2D eigenvalue weighted by atomic mass is 127. The van der Waals surface area contributed by atoms with Crippen molar-refractivity contribution in [3.8, 4) is 0 Å². The molecule has 0 saturated carbocycles. The maximum atomic E-state index is 11.9. The van der Waals surface area contributed by atoms with Crippen LogP contribution in [0.3, 0.4) is 0 Å². The molecule has 3 aromatic rings. The number of nitrogens with zero attached hydrogens (tertiary/aromatic N) is 1. The van der Waals surface area contributed by atoms with E-state index in [2.05, 4.69) is 35.0 Å². The zero-order valence-corrected chi connectivity index (χ0v) is 20.8. The topological polar surface area (TPSA) is 78.7 Å². The normalized spacial score (nSPS) is 11.9. The Kier molecular flexibility index (Phi) is 10.8. The van der Waals surface area contributed by atoms with Crippen LogP contribution in [0.1, 0.15) is 40.2 Å². The van der Waals surface area contributed by atoms with Crippen LogP contribution in [0.15, 0.2) is 82.4 Å². The number of amides is 1. The fourth-order valence-corrected chi connectivity index (χ4v) is 3.25. The lowest BCUT2D eigenvalue weighted by atomic mass is 10.1. The van der Waals surface area contributed by atoms with Crippen molar-refractivity contribution in [3.63, 3.8) is 0 Å². The molecule has 3 rings (SSSR count). The first-order valence-electron chi connectivity index (χ1n) is 10.6. The number of benzene rings is 2. The summed E-state index contributed by atoms with van der Waals surface area (Å²) in [4.78, 5) is 16.6. The first-order valence-corrected chi connectivity index (χ1v) is 10.6. The lowest BCUT2D eigenvalue weighted by Gasteiger charge is -2.19. The smallest absolute Gasteiger partial charge is 0.251 e. The molecule has 0 aliphatic heterocycles. The number of halogens is 1. The van der Waals surface area contributed by atoms with Crippen LogP contribution in [0, 0.1) is 0 Å². The van der Waals surface area contributed by atoms with Gasteiger partial charge in [0.25, 0.3) is 5.91 Å². The van der Waals surface area contributed by atoms with E-state index in [1.807, 2.05) is 54.6 Å². The third-order valence-electron chi connectivity index (χ3n) is 4.98. The molecule has 0 saturated heterocycles. The number of furan rings is 1. The number of carbonyl (C=O) groups excluding carboxylic acids is 1. The molecule has 1 aromatic heterocycles. The predicted molar refractivity (Wildman–Crippen MR) is 140 cm³/mol. The largest absolute Gasteiger partial charge is 0.469 e. The molecule has 6 nitrogen and oxygen atoms in total. The van der Waals surface area contributed by atoms with Crippen molar-refractivity contribution in [1.29, 1.82) is 0 Å². The van der Waals surface area contributed by atoms with Crippen molar-refractivity contribution in [1.82, 2.24) is 16.0 Å². The molecule has 1 amide bonds. The molecule has 0 aliphatic rings. The van der Waals surface area contributed by atoms with Gasteiger partial charge in [0.1, 0.15) is 5.76 Å². The molecule has 1 unspecified atom stereocenters. The second kappa shape index (κ2) is 13.6. The zero-order chi connectivity index (χ0) is 21.9. The van der Waals surface area contributed by atoms with Crippen molar-refractivity contribution in [2.24, 2.45) is 4.99 Å². The van der Waals surface area contributed by atoms with Crippen LogP contribution in [0.25, 0.3) is 0 Å². The van der Waals surface area contributed by atoms with Gasteiger partial charge in [0.05, 0.1) is 12.3 Å². The van der Waals surface area contributed by atoms with Crippen molar-refractivity contribution in [2.75, 3.05) is 20.1 Å². The summed E-state index contributed by atoms with van der Waals surface area (Å²) in [7, 11) is 1.64. The van der Waals surface area contributed by atoms with Crippen LogP contribution in [0.2, 0.25) is 0 Å². The number of hydrogen-bond donors (Lipinski definition) is 3. The number of aliphatic imine (C=N–C) groups is 1. The van der Waals surface area contributed by atoms with Crippen molar-refractivity contribution in [3.05, 3.63) is 95.4 Å². The van der Waals surface area contributed by atoms with Gasteiger partial charge in [-0.25, -0.2) is 0 Å². The summed E-state index contributed by atoms with van der Waals surface area (Å²) >= 11 is 0. The summed E-state index contributed by atoms with van der Waals surface area (Å²) < 4.78 is 5.40. The molecular weight excluding hydrogens is 515 g/mol. The highest BCUT2D eigenvalue weighted by Gasteiger charge is 2.08. The monoisotopic (exact) mass is 546 g/mol. The van der Waals surface area contributed by atoms with E-state index in [0.29, 0.717) is 18.7 Å². The zero-order valence-electron chi connectivity index (χ0n) is 18.5. The average molecular weight is 546 g/mol. The van der Waals surface area contributed by atoms with Gasteiger partial charge in [-0.05, 0) is 48.7 Å². The van der Waals surface area contributed by atoms with Gasteiger partial charge in [-0.15, -0.1) is 24.0 Å². The van der Waals surface area contributed by atoms with E-state index in [4.69, 9.17) is 9.41 Å². The van der Waals surface area contributed by atoms with E-state index >= 15 is 0 Å². The average Bonchev–Trinajstić information content (AvgIpc) is 3.32. The Labute approximate surface area is 206 Å². The summed E-state index contributed by atoms with van der Waals surface area (Å²) in [5.74, 6) is 1.60. The fourth-order valence-electron chi connectivity index (χ4n) is 3.25. The van der Waals surface area contributed by atoms with E-state index < -0.39 is 0 Å². The quantitative estimate of drug-likeness (QED) is 0.212. The molecule has 0 fully saturated rings. The fraction of sp³-hybridized carbons (Fsp3) is 0.280. The van der Waals surface area contributed by atoms with Gasteiger partial charge in [0.2, 0.25) is 0 Å². The summed E-state index contributed by atoms with van der Waals surface area (Å²) in [5, 5.41) is 9.57. The van der Waals surface area contributed by atoms with Gasteiger partial charge < -0.3 is 20.4 Å². The Morgan fingerprint density at radius 3 is 2.56 bits per heavy atom. The Balaban J connectivity index is 0.00000363. The minimum atomic E-state index is -0.0756. The minimum absolute atomic E-state index is 0. The van der Waals surface area contributed by atoms with Crippen LogP contribution in [0.4, 0.5) is 0 Å². The lowest BCUT2D eigenvalue weighted by molar-refractivity contribution is 0.0963. The lowest BCUT2D eigenvalue weighted by Crippen LogP contribution is -2.40. The number of hydrogen-bond acceptors (Lipinski definition) is 3. The van der Waals surface area contributed by atoms with Crippen LogP contribution in [-0.4, -0.2) is 32.0 Å². The SMILES string of the molecule is CNC(=O)c1cccc(CCNC(=NCCc2ccco2)NC(C)c2ccccc2)c1.I. The summed E-state index contributed by atoms with van der Waals surface area (Å²) in [5.41, 5.74) is 2.96. The van der Waals surface area contributed by atoms with Crippen molar-refractivity contribution >= 4 is 35.8 Å². The second-order valence-electron chi connectivity index (χ2n) is 7.29. The molecule has 1 atom stereocenters. The first-order chi connectivity index (χ1) is 15.2. The molecule has 32 heavy (non-hydrogen) atoms. The Morgan fingerprint density at radius 1 is 1.03 bits per heavy atom. The van der Waals surface area contributed by atoms with Crippen LogP contribution in [0.5, 0.6) is 0 Å². The van der Waals surface area contributed by atoms with Gasteiger partial charge in [-0.3, -0.25) is 9.79 Å². The molecule has 0 bridgehead atoms. The van der Waals surface area contributed by atoms with Crippen LogP contribution in [-0.2, 0) is 12.8 Å². The predicted octanol–water partition coefficient (Wildman–Crippen LogP) is 4.34. The highest BCUT2D eigenvalue weighted by Crippen LogP contribution is 2.11. The molecule has 2 aromatic carbocycles. The molecule has 0 radical (unpaired) electrons. The minimum Gasteiger partial charge on any atom is -0.469 e. The number of guanidine groups is 1. The number of nitrogens with one attached hydrogen (secondary N) is 3. The Morgan fingerprint density at radius 2 is 1.84 bits per heavy atom. The van der Waals surface area contributed by atoms with Gasteiger partial charge in [-0.2, -0.15) is 0 Å². The van der Waals surface area contributed by atoms with E-state index in [1.54, 1.807) is 13.3 Å². The van der Waals surface area contributed by atoms with Crippen molar-refractivity contribution in [2.45, 2.75) is 25.8 Å². The summed E-state index contributed by atoms with van der Waals surface area (Å²) in [6.45, 7) is 3.44. The van der Waals surface area contributed by atoms with Gasteiger partial charge in [0.15, 0.2) is 5.96 Å². The van der Waals surface area contributed by atoms with E-state index in [1.165, 1.54) is 5.56 Å². The maximum absolute atomic E-state index is 11.9. The first kappa shape index (κ1) is 25.5. The summed E-state index contributed by atoms with van der Waals surface area (Å²) in [6, 6.07) is 21.9. The Hall–Kier alpha value is -2.81. The molecule has 0 spiro atoms. The third-order valence-corrected chi connectivity index (χ3v) is 4.98. The van der Waals surface area contributed by atoms with E-state index in [0.717, 1.165) is 30.1 Å². The van der Waals surface area contributed by atoms with Crippen LogP contribution < -0.4 is 16.0 Å². The van der Waals surface area contributed by atoms with E-state index in [9.17, 15) is 4.79 Å². The van der Waals surface area contributed by atoms with Crippen LogP contribution >= 0.6 is 24.0 Å². The third kappa shape index (κ3) is 8.03. The summed E-state index contributed by atoms with van der Waals surface area (Å²) in [6.07, 6.45) is 3.21. The maximum Gasteiger partial charge on any atom is 0.251 e. The Bertz CT molecular complexity index is 975. The number of carbonyl (C=O) groups is 1. The molecule has 170 valence electrons. The molecule has 1 heterocycles.